The van der Waals surface area contributed by atoms with Crippen molar-refractivity contribution in [2.45, 2.75) is 77.4 Å². The van der Waals surface area contributed by atoms with Crippen LogP contribution in [0, 0.1) is 0 Å². The summed E-state index contributed by atoms with van der Waals surface area (Å²) in [6.07, 6.45) is 4.92. The molecule has 1 aliphatic heterocycles. The molecule has 1 rings (SSSR count). The van der Waals surface area contributed by atoms with Crippen molar-refractivity contribution in [2.75, 3.05) is 13.2 Å². The topological polar surface area (TPSA) is 83.9 Å². The van der Waals surface area contributed by atoms with Gasteiger partial charge in [0.1, 0.15) is 11.9 Å². The van der Waals surface area contributed by atoms with E-state index in [0.717, 1.165) is 25.7 Å². The molecule has 0 aromatic carbocycles. The Balaban J connectivity index is 2.41. The molecule has 6 heteroatoms. The Hall–Kier alpha value is -1.43. The molecule has 1 saturated heterocycles. The molecule has 0 saturated carbocycles. The molecule has 23 heavy (non-hydrogen) atoms. The predicted octanol–water partition coefficient (Wildman–Crippen LogP) is 1.83. The van der Waals surface area contributed by atoms with E-state index in [2.05, 4.69) is 6.92 Å². The lowest BCUT2D eigenvalue weighted by molar-refractivity contribution is -0.150. The van der Waals surface area contributed by atoms with Crippen molar-refractivity contribution in [3.05, 3.63) is 0 Å². The second-order valence-electron chi connectivity index (χ2n) is 6.24. The quantitative estimate of drug-likeness (QED) is 0.489. The molecule has 2 atom stereocenters. The average molecular weight is 327 g/mol. The van der Waals surface area contributed by atoms with E-state index in [9.17, 15) is 19.5 Å². The molecule has 0 aromatic rings. The van der Waals surface area contributed by atoms with E-state index < -0.39 is 5.97 Å². The first-order valence-corrected chi connectivity index (χ1v) is 8.57. The predicted molar refractivity (Wildman–Crippen MR) is 85.8 cm³/mol. The zero-order valence-corrected chi connectivity index (χ0v) is 14.3. The minimum absolute atomic E-state index is 0.0161. The van der Waals surface area contributed by atoms with E-state index >= 15 is 0 Å². The molecule has 0 radical (unpaired) electrons. The van der Waals surface area contributed by atoms with Gasteiger partial charge in [0.2, 0.25) is 5.91 Å². The number of aliphatic hydroxyl groups is 1. The number of hydrogen-bond acceptors (Lipinski definition) is 5. The average Bonchev–Trinajstić information content (AvgIpc) is 2.92. The van der Waals surface area contributed by atoms with Gasteiger partial charge in [-0.3, -0.25) is 9.59 Å². The first-order chi connectivity index (χ1) is 11.0. The van der Waals surface area contributed by atoms with Crippen LogP contribution < -0.4 is 0 Å². The summed E-state index contributed by atoms with van der Waals surface area (Å²) in [4.78, 5) is 36.4. The van der Waals surface area contributed by atoms with Crippen molar-refractivity contribution in [1.82, 2.24) is 4.90 Å². The van der Waals surface area contributed by atoms with Crippen LogP contribution in [0.1, 0.15) is 65.2 Å². The SMILES string of the molecule is CCCCCCC(=O)N1C[C@H](OC(=O)CCC(C)=O)C[C@H]1CO. The van der Waals surface area contributed by atoms with Gasteiger partial charge in [0, 0.05) is 19.3 Å². The summed E-state index contributed by atoms with van der Waals surface area (Å²) in [5.41, 5.74) is 0. The van der Waals surface area contributed by atoms with Crippen LogP contribution in [0.3, 0.4) is 0 Å². The number of unbranched alkanes of at least 4 members (excludes halogenated alkanes) is 3. The van der Waals surface area contributed by atoms with Gasteiger partial charge in [-0.2, -0.15) is 0 Å². The molecule has 132 valence electrons. The lowest BCUT2D eigenvalue weighted by atomic mass is 10.1. The van der Waals surface area contributed by atoms with Crippen LogP contribution >= 0.6 is 0 Å². The van der Waals surface area contributed by atoms with E-state index in [1.165, 1.54) is 6.92 Å². The van der Waals surface area contributed by atoms with Crippen LogP contribution in [0.4, 0.5) is 0 Å². The fourth-order valence-electron chi connectivity index (χ4n) is 2.81. The summed E-state index contributed by atoms with van der Waals surface area (Å²) >= 11 is 0. The molecule has 0 aromatic heterocycles. The minimum Gasteiger partial charge on any atom is -0.460 e. The number of likely N-dealkylation sites (tertiary alicyclic amines) is 1. The molecule has 1 heterocycles. The number of rotatable bonds is 10. The molecule has 1 aliphatic rings. The van der Waals surface area contributed by atoms with Gasteiger partial charge < -0.3 is 19.5 Å². The van der Waals surface area contributed by atoms with Crippen molar-refractivity contribution in [3.63, 3.8) is 0 Å². The van der Waals surface area contributed by atoms with Crippen LogP contribution in [-0.2, 0) is 19.1 Å². The summed E-state index contributed by atoms with van der Waals surface area (Å²) in [7, 11) is 0. The van der Waals surface area contributed by atoms with Gasteiger partial charge in [-0.05, 0) is 13.3 Å². The maximum absolute atomic E-state index is 12.3. The Morgan fingerprint density at radius 2 is 1.87 bits per heavy atom. The number of hydrogen-bond donors (Lipinski definition) is 1. The largest absolute Gasteiger partial charge is 0.460 e. The third-order valence-corrected chi connectivity index (χ3v) is 4.13. The maximum atomic E-state index is 12.3. The Labute approximate surface area is 138 Å². The first kappa shape index (κ1) is 19.6. The fraction of sp³-hybridized carbons (Fsp3) is 0.824. The Morgan fingerprint density at radius 3 is 2.48 bits per heavy atom. The molecule has 0 unspecified atom stereocenters. The smallest absolute Gasteiger partial charge is 0.306 e. The number of amides is 1. The number of carbonyl (C=O) groups excluding carboxylic acids is 3. The summed E-state index contributed by atoms with van der Waals surface area (Å²) < 4.78 is 5.32. The number of aliphatic hydroxyl groups excluding tert-OH is 1. The second-order valence-corrected chi connectivity index (χ2v) is 6.24. The molecular weight excluding hydrogens is 298 g/mol. The summed E-state index contributed by atoms with van der Waals surface area (Å²) in [5.74, 6) is -0.452. The molecule has 6 nitrogen and oxygen atoms in total. The highest BCUT2D eigenvalue weighted by molar-refractivity contribution is 5.81. The zero-order chi connectivity index (χ0) is 17.2. The third kappa shape index (κ3) is 7.12. The van der Waals surface area contributed by atoms with Crippen LogP contribution in [-0.4, -0.2) is 53.0 Å². The maximum Gasteiger partial charge on any atom is 0.306 e. The lowest BCUT2D eigenvalue weighted by Gasteiger charge is -2.22. The normalized spacial score (nSPS) is 20.6. The molecule has 0 aliphatic carbocycles. The zero-order valence-electron chi connectivity index (χ0n) is 14.3. The van der Waals surface area contributed by atoms with Gasteiger partial charge in [-0.15, -0.1) is 0 Å². The van der Waals surface area contributed by atoms with E-state index in [1.807, 2.05) is 0 Å². The molecule has 1 amide bonds. The summed E-state index contributed by atoms with van der Waals surface area (Å²) in [6.45, 7) is 3.77. The molecule has 1 fully saturated rings. The number of ether oxygens (including phenoxy) is 1. The second kappa shape index (κ2) is 10.4. The highest BCUT2D eigenvalue weighted by Gasteiger charge is 2.36. The van der Waals surface area contributed by atoms with Crippen LogP contribution in [0.25, 0.3) is 0 Å². The van der Waals surface area contributed by atoms with Crippen molar-refractivity contribution >= 4 is 17.7 Å². The summed E-state index contributed by atoms with van der Waals surface area (Å²) in [5, 5.41) is 9.44. The minimum atomic E-state index is -0.417. The highest BCUT2D eigenvalue weighted by Crippen LogP contribution is 2.22. The van der Waals surface area contributed by atoms with Crippen LogP contribution in [0.15, 0.2) is 0 Å². The number of carbonyl (C=O) groups is 3. The third-order valence-electron chi connectivity index (χ3n) is 4.13. The molecule has 0 spiro atoms. The Bertz CT molecular complexity index is 410. The van der Waals surface area contributed by atoms with Crippen LogP contribution in [0.5, 0.6) is 0 Å². The Kier molecular flexibility index (Phi) is 8.84. The van der Waals surface area contributed by atoms with Gasteiger partial charge in [0.05, 0.1) is 25.6 Å². The van der Waals surface area contributed by atoms with Gasteiger partial charge in [0.15, 0.2) is 0 Å². The van der Waals surface area contributed by atoms with Crippen molar-refractivity contribution < 1.29 is 24.2 Å². The van der Waals surface area contributed by atoms with Crippen molar-refractivity contribution in [2.24, 2.45) is 0 Å². The van der Waals surface area contributed by atoms with Gasteiger partial charge >= 0.3 is 5.97 Å². The van der Waals surface area contributed by atoms with Gasteiger partial charge in [0.25, 0.3) is 0 Å². The lowest BCUT2D eigenvalue weighted by Crippen LogP contribution is -2.38. The van der Waals surface area contributed by atoms with Crippen molar-refractivity contribution in [1.29, 1.82) is 0 Å². The van der Waals surface area contributed by atoms with E-state index in [1.54, 1.807) is 4.90 Å². The monoisotopic (exact) mass is 327 g/mol. The van der Waals surface area contributed by atoms with Gasteiger partial charge in [-0.1, -0.05) is 26.2 Å². The summed E-state index contributed by atoms with van der Waals surface area (Å²) in [6, 6.07) is -0.278. The van der Waals surface area contributed by atoms with E-state index in [0.29, 0.717) is 19.4 Å². The number of Topliss-reactive ketones (excluding diaryl/α,β-unsaturated/α-hetero) is 1. The molecule has 0 bridgehead atoms. The Morgan fingerprint density at radius 1 is 1.13 bits per heavy atom. The van der Waals surface area contributed by atoms with E-state index in [-0.39, 0.29) is 43.3 Å². The van der Waals surface area contributed by atoms with Gasteiger partial charge in [-0.25, -0.2) is 0 Å². The van der Waals surface area contributed by atoms with E-state index in [4.69, 9.17) is 4.74 Å². The first-order valence-electron chi connectivity index (χ1n) is 8.57. The molecule has 1 N–H and O–H groups in total. The molecular formula is C17H29NO5. The highest BCUT2D eigenvalue weighted by atomic mass is 16.5. The standard InChI is InChI=1S/C17H29NO5/c1-3-4-5-6-7-16(21)18-11-15(10-14(18)12-19)23-17(22)9-8-13(2)20/h14-15,19H,3-12H2,1-2H3/t14-,15+/m0/s1. The van der Waals surface area contributed by atoms with Crippen LogP contribution in [0.2, 0.25) is 0 Å². The number of ketones is 1. The number of nitrogens with zero attached hydrogens (tertiary/aromatic N) is 1. The number of esters is 1. The van der Waals surface area contributed by atoms with Crippen molar-refractivity contribution in [3.8, 4) is 0 Å². The fourth-order valence-corrected chi connectivity index (χ4v) is 2.81.